The monoisotopic (exact) mass is 335 g/mol. The summed E-state index contributed by atoms with van der Waals surface area (Å²) in [5.41, 5.74) is 4.86. The second-order valence-corrected chi connectivity index (χ2v) is 6.61. The minimum Gasteiger partial charge on any atom is -0.343 e. The highest BCUT2D eigenvalue weighted by molar-refractivity contribution is 7.17. The van der Waals surface area contributed by atoms with Gasteiger partial charge < -0.3 is 4.57 Å². The molecule has 0 spiro atoms. The van der Waals surface area contributed by atoms with Gasteiger partial charge in [-0.25, -0.2) is 0 Å². The molecular weight excluding hydrogens is 310 g/mol. The molecule has 0 radical (unpaired) electrons. The molecule has 0 aliphatic heterocycles. The van der Waals surface area contributed by atoms with Crippen molar-refractivity contribution in [3.8, 4) is 10.6 Å². The SMILES string of the molecule is C=C/C=c1/c(C)c(-c2sc(C=C)c(/C=C\C)c2C=C)n(C)/c1=C/C. The first-order valence-electron chi connectivity index (χ1n) is 8.04. The van der Waals surface area contributed by atoms with Crippen molar-refractivity contribution >= 4 is 41.7 Å². The quantitative estimate of drug-likeness (QED) is 0.712. The molecule has 0 aliphatic rings. The molecule has 0 atom stereocenters. The summed E-state index contributed by atoms with van der Waals surface area (Å²) < 4.78 is 2.26. The average Bonchev–Trinajstić information content (AvgIpc) is 3.03. The van der Waals surface area contributed by atoms with Crippen LogP contribution in [0.2, 0.25) is 0 Å². The summed E-state index contributed by atoms with van der Waals surface area (Å²) >= 11 is 1.77. The highest BCUT2D eigenvalue weighted by atomic mass is 32.1. The van der Waals surface area contributed by atoms with Crippen molar-refractivity contribution in [1.29, 1.82) is 0 Å². The predicted octanol–water partition coefficient (Wildman–Crippen LogP) is 5.15. The Kier molecular flexibility index (Phi) is 5.63. The lowest BCUT2D eigenvalue weighted by atomic mass is 10.0. The van der Waals surface area contributed by atoms with Crippen molar-refractivity contribution in [2.45, 2.75) is 20.8 Å². The third-order valence-corrected chi connectivity index (χ3v) is 5.46. The number of aromatic nitrogens is 1. The molecule has 124 valence electrons. The van der Waals surface area contributed by atoms with Gasteiger partial charge in [0.2, 0.25) is 0 Å². The van der Waals surface area contributed by atoms with Crippen LogP contribution in [0, 0.1) is 6.92 Å². The molecule has 0 fully saturated rings. The Bertz CT molecular complexity index is 945. The molecule has 0 aromatic carbocycles. The van der Waals surface area contributed by atoms with Crippen LogP contribution in [0.3, 0.4) is 0 Å². The molecule has 0 amide bonds. The van der Waals surface area contributed by atoms with E-state index in [1.165, 1.54) is 42.7 Å². The van der Waals surface area contributed by atoms with Gasteiger partial charge in [0, 0.05) is 33.6 Å². The second-order valence-electron chi connectivity index (χ2n) is 5.55. The molecule has 24 heavy (non-hydrogen) atoms. The minimum atomic E-state index is 1.17. The van der Waals surface area contributed by atoms with E-state index in [4.69, 9.17) is 0 Å². The Labute approximate surface area is 149 Å². The van der Waals surface area contributed by atoms with Crippen LogP contribution in [0.5, 0.6) is 0 Å². The van der Waals surface area contributed by atoms with E-state index in [1.54, 1.807) is 11.3 Å². The summed E-state index contributed by atoms with van der Waals surface area (Å²) in [4.78, 5) is 2.41. The molecule has 2 heteroatoms. The fourth-order valence-corrected chi connectivity index (χ4v) is 4.50. The topological polar surface area (TPSA) is 4.93 Å². The first-order chi connectivity index (χ1) is 11.5. The van der Waals surface area contributed by atoms with E-state index < -0.39 is 0 Å². The highest BCUT2D eigenvalue weighted by Crippen LogP contribution is 2.39. The van der Waals surface area contributed by atoms with Gasteiger partial charge in [0.25, 0.3) is 0 Å². The lowest BCUT2D eigenvalue weighted by Gasteiger charge is -2.05. The average molecular weight is 336 g/mol. The maximum absolute atomic E-state index is 4.05. The van der Waals surface area contributed by atoms with E-state index in [9.17, 15) is 0 Å². The van der Waals surface area contributed by atoms with Crippen LogP contribution < -0.4 is 10.6 Å². The Balaban J connectivity index is 2.99. The van der Waals surface area contributed by atoms with Crippen molar-refractivity contribution < 1.29 is 0 Å². The molecule has 0 saturated carbocycles. The maximum Gasteiger partial charge on any atom is 0.0626 e. The van der Waals surface area contributed by atoms with Gasteiger partial charge in [-0.15, -0.1) is 11.3 Å². The molecule has 2 heterocycles. The lowest BCUT2D eigenvalue weighted by Crippen LogP contribution is -2.27. The van der Waals surface area contributed by atoms with E-state index in [1.807, 2.05) is 25.2 Å². The van der Waals surface area contributed by atoms with Gasteiger partial charge >= 0.3 is 0 Å². The zero-order valence-corrected chi connectivity index (χ0v) is 15.8. The first kappa shape index (κ1) is 18.0. The summed E-state index contributed by atoms with van der Waals surface area (Å²) in [7, 11) is 2.12. The molecule has 0 saturated heterocycles. The van der Waals surface area contributed by atoms with Crippen LogP contribution in [-0.4, -0.2) is 4.57 Å². The summed E-state index contributed by atoms with van der Waals surface area (Å²) in [5.74, 6) is 0. The number of hydrogen-bond acceptors (Lipinski definition) is 1. The van der Waals surface area contributed by atoms with E-state index in [0.29, 0.717) is 0 Å². The Morgan fingerprint density at radius 3 is 2.25 bits per heavy atom. The van der Waals surface area contributed by atoms with E-state index in [0.717, 1.165) is 0 Å². The summed E-state index contributed by atoms with van der Waals surface area (Å²) in [5, 5.41) is 2.43. The van der Waals surface area contributed by atoms with Gasteiger partial charge in [-0.2, -0.15) is 0 Å². The molecule has 1 nitrogen and oxygen atoms in total. The Hall–Kier alpha value is -2.32. The molecule has 0 bridgehead atoms. The van der Waals surface area contributed by atoms with Crippen LogP contribution >= 0.6 is 11.3 Å². The Morgan fingerprint density at radius 1 is 1.04 bits per heavy atom. The van der Waals surface area contributed by atoms with Crippen LogP contribution in [0.1, 0.15) is 35.4 Å². The van der Waals surface area contributed by atoms with Gasteiger partial charge in [0.15, 0.2) is 0 Å². The summed E-state index contributed by atoms with van der Waals surface area (Å²) in [6.07, 6.45) is 14.2. The number of allylic oxidation sites excluding steroid dienone is 2. The summed E-state index contributed by atoms with van der Waals surface area (Å²) in [6, 6.07) is 0. The largest absolute Gasteiger partial charge is 0.343 e. The second kappa shape index (κ2) is 7.50. The predicted molar refractivity (Wildman–Crippen MR) is 112 cm³/mol. The van der Waals surface area contributed by atoms with Crippen LogP contribution in [-0.2, 0) is 7.05 Å². The highest BCUT2D eigenvalue weighted by Gasteiger charge is 2.19. The summed E-state index contributed by atoms with van der Waals surface area (Å²) in [6.45, 7) is 18.2. The smallest absolute Gasteiger partial charge is 0.0626 e. The fourth-order valence-electron chi connectivity index (χ4n) is 3.22. The normalized spacial score (nSPS) is 13.0. The van der Waals surface area contributed by atoms with E-state index >= 15 is 0 Å². The van der Waals surface area contributed by atoms with Crippen molar-refractivity contribution in [3.63, 3.8) is 0 Å². The third kappa shape index (κ3) is 2.78. The molecule has 0 N–H and O–H groups in total. The first-order valence-corrected chi connectivity index (χ1v) is 8.86. The lowest BCUT2D eigenvalue weighted by molar-refractivity contribution is 0.897. The minimum absolute atomic E-state index is 1.17. The van der Waals surface area contributed by atoms with E-state index in [-0.39, 0.29) is 0 Å². The zero-order chi connectivity index (χ0) is 17.9. The van der Waals surface area contributed by atoms with Crippen LogP contribution in [0.25, 0.3) is 41.0 Å². The van der Waals surface area contributed by atoms with Crippen molar-refractivity contribution in [2.24, 2.45) is 7.05 Å². The molecule has 0 aliphatic carbocycles. The van der Waals surface area contributed by atoms with Gasteiger partial charge in [-0.1, -0.05) is 62.3 Å². The van der Waals surface area contributed by atoms with Crippen molar-refractivity contribution in [2.75, 3.05) is 0 Å². The molecule has 2 rings (SSSR count). The van der Waals surface area contributed by atoms with Crippen molar-refractivity contribution in [3.05, 3.63) is 64.0 Å². The van der Waals surface area contributed by atoms with Gasteiger partial charge in [0.1, 0.15) is 0 Å². The van der Waals surface area contributed by atoms with E-state index in [2.05, 4.69) is 69.5 Å². The maximum atomic E-state index is 4.05. The standard InChI is InChI=1S/C22H25NS/c1-8-13-17-15(6)21(23(7)19(17)11-4)22-16(10-3)18(14-9-2)20(12-5)24-22/h8-14H,1,3,5H2,2,4,6-7H3/b14-9-,17-13-,19-11+. The Morgan fingerprint density at radius 2 is 1.75 bits per heavy atom. The molecule has 2 aromatic heterocycles. The van der Waals surface area contributed by atoms with Crippen LogP contribution in [0.15, 0.2) is 31.9 Å². The molecule has 2 aromatic rings. The zero-order valence-electron chi connectivity index (χ0n) is 15.0. The van der Waals surface area contributed by atoms with Crippen LogP contribution in [0.4, 0.5) is 0 Å². The molecular formula is C22H25NS. The van der Waals surface area contributed by atoms with Gasteiger partial charge in [-0.05, 0) is 26.3 Å². The molecule has 0 unspecified atom stereocenters. The van der Waals surface area contributed by atoms with Gasteiger partial charge in [0.05, 0.1) is 10.6 Å². The fraction of sp³-hybridized carbons (Fsp3) is 0.182. The third-order valence-electron chi connectivity index (χ3n) is 4.24. The van der Waals surface area contributed by atoms with Gasteiger partial charge in [-0.3, -0.25) is 0 Å². The number of hydrogen-bond donors (Lipinski definition) is 0. The van der Waals surface area contributed by atoms with Crippen molar-refractivity contribution in [1.82, 2.24) is 4.57 Å². The number of rotatable bonds is 5. The number of nitrogens with zero attached hydrogens (tertiary/aromatic N) is 1. The number of thiophene rings is 1.